The highest BCUT2D eigenvalue weighted by atomic mass is 31.2. The highest BCUT2D eigenvalue weighted by molar-refractivity contribution is 7.46. The molecule has 11 nitrogen and oxygen atoms in total. The number of nitrogens with two attached hydrogens (primary N) is 1. The zero-order chi connectivity index (χ0) is 16.4. The van der Waals surface area contributed by atoms with Crippen molar-refractivity contribution >= 4 is 13.8 Å². The van der Waals surface area contributed by atoms with E-state index in [4.69, 9.17) is 30.1 Å². The first-order valence-electron chi connectivity index (χ1n) is 5.88. The quantitative estimate of drug-likeness (QED) is 0.279. The van der Waals surface area contributed by atoms with Gasteiger partial charge in [-0.3, -0.25) is 4.52 Å². The van der Waals surface area contributed by atoms with Gasteiger partial charge in [-0.1, -0.05) is 0 Å². The second-order valence-corrected chi connectivity index (χ2v) is 5.74. The summed E-state index contributed by atoms with van der Waals surface area (Å²) in [4.78, 5) is 27.9. The summed E-state index contributed by atoms with van der Waals surface area (Å²) < 4.78 is 24.7. The van der Waals surface area contributed by atoms with Crippen LogP contribution in [0.4, 0.5) is 0 Å². The minimum Gasteiger partial charge on any atom is -0.479 e. The van der Waals surface area contributed by atoms with Gasteiger partial charge in [-0.25, -0.2) is 9.36 Å². The average molecular weight is 331 g/mol. The Morgan fingerprint density at radius 2 is 2.00 bits per heavy atom. The Bertz CT molecular complexity index is 413. The third-order valence-corrected chi connectivity index (χ3v) is 3.34. The van der Waals surface area contributed by atoms with Crippen LogP contribution in [-0.4, -0.2) is 74.4 Å². The zero-order valence-corrected chi connectivity index (χ0v) is 11.9. The molecule has 6 atom stereocenters. The molecule has 124 valence electrons. The van der Waals surface area contributed by atoms with Gasteiger partial charge >= 0.3 is 13.8 Å². The number of aliphatic hydroxyl groups is 2. The molecule has 1 rings (SSSR count). The number of phosphoric ester groups is 1. The fourth-order valence-electron chi connectivity index (χ4n) is 1.73. The fraction of sp³-hybridized carbons (Fsp3) is 0.889. The molecule has 1 aliphatic rings. The number of phosphoric acid groups is 1. The molecule has 1 fully saturated rings. The minimum atomic E-state index is -4.80. The lowest BCUT2D eigenvalue weighted by molar-refractivity contribution is -0.261. The van der Waals surface area contributed by atoms with Crippen LogP contribution in [-0.2, 0) is 23.4 Å². The Morgan fingerprint density at radius 1 is 1.43 bits per heavy atom. The number of aliphatic hydroxyl groups excluding tert-OH is 2. The van der Waals surface area contributed by atoms with Gasteiger partial charge in [0.25, 0.3) is 0 Å². The summed E-state index contributed by atoms with van der Waals surface area (Å²) in [7, 11) is -4.80. The third-order valence-electron chi connectivity index (χ3n) is 2.86. The number of ether oxygens (including phenoxy) is 2. The van der Waals surface area contributed by atoms with E-state index in [1.54, 1.807) is 0 Å². The molecule has 0 aromatic carbocycles. The lowest BCUT2D eigenvalue weighted by Crippen LogP contribution is -2.63. The first-order chi connectivity index (χ1) is 9.53. The molecule has 0 aromatic heterocycles. The first-order valence-corrected chi connectivity index (χ1v) is 7.41. The van der Waals surface area contributed by atoms with Gasteiger partial charge in [-0.05, 0) is 6.92 Å². The monoisotopic (exact) mass is 331 g/mol. The van der Waals surface area contributed by atoms with E-state index in [1.807, 2.05) is 0 Å². The van der Waals surface area contributed by atoms with Crippen LogP contribution >= 0.6 is 7.82 Å². The molecular formula is C9H18NO10P. The zero-order valence-electron chi connectivity index (χ0n) is 11.0. The van der Waals surface area contributed by atoms with Crippen LogP contribution < -0.4 is 5.73 Å². The molecule has 12 heteroatoms. The molecule has 0 aliphatic carbocycles. The predicted octanol–water partition coefficient (Wildman–Crippen LogP) is -2.64. The van der Waals surface area contributed by atoms with E-state index >= 15 is 0 Å². The van der Waals surface area contributed by atoms with Gasteiger partial charge in [-0.15, -0.1) is 0 Å². The molecule has 1 aliphatic heterocycles. The Morgan fingerprint density at radius 3 is 2.48 bits per heavy atom. The Kier molecular flexibility index (Phi) is 6.23. The smallest absolute Gasteiger partial charge is 0.469 e. The summed E-state index contributed by atoms with van der Waals surface area (Å²) in [6.45, 7) is 0.460. The summed E-state index contributed by atoms with van der Waals surface area (Å²) >= 11 is 0. The van der Waals surface area contributed by atoms with Crippen molar-refractivity contribution in [3.05, 3.63) is 0 Å². The number of hydrogen-bond donors (Lipinski definition) is 6. The van der Waals surface area contributed by atoms with Crippen molar-refractivity contribution in [1.29, 1.82) is 0 Å². The molecule has 2 unspecified atom stereocenters. The van der Waals surface area contributed by atoms with Gasteiger partial charge in [0.15, 0.2) is 12.4 Å². The van der Waals surface area contributed by atoms with Gasteiger partial charge < -0.3 is 40.3 Å². The topological polar surface area (TPSA) is 189 Å². The largest absolute Gasteiger partial charge is 0.479 e. The van der Waals surface area contributed by atoms with E-state index in [1.165, 1.54) is 6.92 Å². The normalized spacial score (nSPS) is 35.4. The van der Waals surface area contributed by atoms with Gasteiger partial charge in [0, 0.05) is 0 Å². The summed E-state index contributed by atoms with van der Waals surface area (Å²) in [5, 5.41) is 28.3. The maximum atomic E-state index is 10.7. The minimum absolute atomic E-state index is 0.740. The van der Waals surface area contributed by atoms with Crippen molar-refractivity contribution in [2.24, 2.45) is 5.73 Å². The number of carboxylic acid groups (broad SMARTS) is 1. The van der Waals surface area contributed by atoms with Crippen LogP contribution in [0.25, 0.3) is 0 Å². The molecule has 0 spiro atoms. The number of carbonyl (C=O) groups is 1. The highest BCUT2D eigenvalue weighted by Crippen LogP contribution is 2.37. The molecule has 7 N–H and O–H groups in total. The Labute approximate surface area is 119 Å². The van der Waals surface area contributed by atoms with E-state index in [2.05, 4.69) is 4.52 Å². The van der Waals surface area contributed by atoms with Crippen LogP contribution in [0.5, 0.6) is 0 Å². The van der Waals surface area contributed by atoms with Crippen LogP contribution in [0.15, 0.2) is 0 Å². The number of hydrogen-bond acceptors (Lipinski definition) is 8. The lowest BCUT2D eigenvalue weighted by Gasteiger charge is -2.41. The second kappa shape index (κ2) is 7.09. The molecule has 0 radical (unpaired) electrons. The van der Waals surface area contributed by atoms with Crippen LogP contribution in [0.2, 0.25) is 0 Å². The maximum Gasteiger partial charge on any atom is 0.469 e. The standard InChI is InChI=1S/C9H18NO10P/c1-3(8(12)13)19-7-5(10)9(14)20-4(6(7)11)2-18-21(15,16)17/h3-7,9,11,14H,2,10H2,1H3,(H,12,13)(H2,15,16,17)/t3?,4-,5-,6-,7-,9?/m1/s1. The molecule has 1 heterocycles. The predicted molar refractivity (Wildman–Crippen MR) is 64.8 cm³/mol. The highest BCUT2D eigenvalue weighted by Gasteiger charge is 2.45. The molecule has 0 amide bonds. The Hall–Kier alpha value is -0.620. The fourth-order valence-corrected chi connectivity index (χ4v) is 2.07. The average Bonchev–Trinajstić information content (AvgIpc) is 2.35. The van der Waals surface area contributed by atoms with E-state index in [-0.39, 0.29) is 0 Å². The summed E-state index contributed by atoms with van der Waals surface area (Å²) in [5.41, 5.74) is 5.56. The van der Waals surface area contributed by atoms with Gasteiger partial charge in [-0.2, -0.15) is 0 Å². The molecule has 21 heavy (non-hydrogen) atoms. The third kappa shape index (κ3) is 5.25. The first kappa shape index (κ1) is 18.4. The Balaban J connectivity index is 2.76. The lowest BCUT2D eigenvalue weighted by atomic mass is 9.97. The van der Waals surface area contributed by atoms with Gasteiger partial charge in [0.1, 0.15) is 18.3 Å². The van der Waals surface area contributed by atoms with E-state index < -0.39 is 57.1 Å². The molecule has 0 saturated carbocycles. The van der Waals surface area contributed by atoms with Crippen LogP contribution in [0, 0.1) is 0 Å². The molecule has 1 saturated heterocycles. The molecular weight excluding hydrogens is 313 g/mol. The summed E-state index contributed by atoms with van der Waals surface area (Å²) in [6.07, 6.45) is -7.14. The van der Waals surface area contributed by atoms with Crippen molar-refractivity contribution in [1.82, 2.24) is 0 Å². The maximum absolute atomic E-state index is 10.7. The van der Waals surface area contributed by atoms with Crippen LogP contribution in [0.1, 0.15) is 6.92 Å². The second-order valence-electron chi connectivity index (χ2n) is 4.50. The van der Waals surface area contributed by atoms with Crippen molar-refractivity contribution in [2.75, 3.05) is 6.61 Å². The van der Waals surface area contributed by atoms with Gasteiger partial charge in [0.2, 0.25) is 0 Å². The van der Waals surface area contributed by atoms with Crippen LogP contribution in [0.3, 0.4) is 0 Å². The summed E-state index contributed by atoms with van der Waals surface area (Å²) in [6, 6.07) is -1.24. The van der Waals surface area contributed by atoms with Crippen molar-refractivity contribution < 1.29 is 48.5 Å². The molecule has 0 bridgehead atoms. The molecule has 0 aromatic rings. The van der Waals surface area contributed by atoms with E-state index in [0.29, 0.717) is 0 Å². The number of carboxylic acids is 1. The van der Waals surface area contributed by atoms with Crippen molar-refractivity contribution in [3.8, 4) is 0 Å². The van der Waals surface area contributed by atoms with E-state index in [9.17, 15) is 19.6 Å². The van der Waals surface area contributed by atoms with E-state index in [0.717, 1.165) is 0 Å². The number of rotatable bonds is 6. The summed E-state index contributed by atoms with van der Waals surface area (Å²) in [5.74, 6) is -1.31. The van der Waals surface area contributed by atoms with Gasteiger partial charge in [0.05, 0.1) is 12.6 Å². The SMILES string of the molecule is CC(O[C@H]1[C@H](O)[C@@H](COP(=O)(O)O)OC(O)[C@@H]1N)C(=O)O. The number of aliphatic carboxylic acids is 1. The van der Waals surface area contributed by atoms with Crippen molar-refractivity contribution in [2.45, 2.75) is 43.7 Å². The van der Waals surface area contributed by atoms with Crippen molar-refractivity contribution in [3.63, 3.8) is 0 Å².